The van der Waals surface area contributed by atoms with Crippen LogP contribution in [0.1, 0.15) is 23.7 Å². The quantitative estimate of drug-likeness (QED) is 0.348. The molecule has 188 valence electrons. The van der Waals surface area contributed by atoms with Crippen LogP contribution in [-0.4, -0.2) is 72.0 Å². The standard InChI is InChI=1S/C29H33FN4O2/c1-3-18-36-21-24(35)20-33-14-16-34(17-15-33)29-25(19-23-12-8-9-13-26(23)30)27(4-2)31-28(32-29)22-10-6-5-7-11-22/h1,5-13,24,35H,4,14-21H2,2H3. The third-order valence-corrected chi connectivity index (χ3v) is 6.40. The van der Waals surface area contributed by atoms with Gasteiger partial charge in [0.1, 0.15) is 18.2 Å². The first-order chi connectivity index (χ1) is 17.6. The molecule has 0 radical (unpaired) electrons. The summed E-state index contributed by atoms with van der Waals surface area (Å²) < 4.78 is 19.9. The van der Waals surface area contributed by atoms with Crippen molar-refractivity contribution in [1.82, 2.24) is 14.9 Å². The fourth-order valence-corrected chi connectivity index (χ4v) is 4.55. The number of nitrogens with zero attached hydrogens (tertiary/aromatic N) is 4. The second-order valence-electron chi connectivity index (χ2n) is 8.94. The Morgan fingerprint density at radius 3 is 2.47 bits per heavy atom. The number of piperazine rings is 1. The fraction of sp³-hybridized carbons (Fsp3) is 0.379. The Morgan fingerprint density at radius 2 is 1.78 bits per heavy atom. The maximum Gasteiger partial charge on any atom is 0.161 e. The van der Waals surface area contributed by atoms with Crippen LogP contribution in [0.25, 0.3) is 11.4 Å². The first-order valence-corrected chi connectivity index (χ1v) is 12.4. The SMILES string of the molecule is C#CCOCC(O)CN1CCN(c2nc(-c3ccccc3)nc(CC)c2Cc2ccccc2F)CC1. The molecule has 1 aliphatic rings. The molecule has 4 rings (SSSR count). The number of aliphatic hydroxyl groups is 1. The number of β-amino-alcohol motifs (C(OH)–C–C–N with tert-alkyl or cyclic N) is 1. The molecular weight excluding hydrogens is 455 g/mol. The zero-order valence-corrected chi connectivity index (χ0v) is 20.7. The van der Waals surface area contributed by atoms with Crippen LogP contribution < -0.4 is 4.90 Å². The predicted molar refractivity (Wildman–Crippen MR) is 140 cm³/mol. The molecule has 0 aliphatic carbocycles. The predicted octanol–water partition coefficient (Wildman–Crippen LogP) is 3.57. The van der Waals surface area contributed by atoms with Crippen LogP contribution >= 0.6 is 0 Å². The number of hydrogen-bond acceptors (Lipinski definition) is 6. The lowest BCUT2D eigenvalue weighted by Gasteiger charge is -2.37. The van der Waals surface area contributed by atoms with Crippen molar-refractivity contribution in [3.05, 3.63) is 77.2 Å². The molecule has 1 atom stereocenters. The number of anilines is 1. The van der Waals surface area contributed by atoms with Crippen LogP contribution in [0, 0.1) is 18.2 Å². The minimum atomic E-state index is -0.586. The molecule has 1 fully saturated rings. The Morgan fingerprint density at radius 1 is 1.06 bits per heavy atom. The summed E-state index contributed by atoms with van der Waals surface area (Å²) in [4.78, 5) is 14.4. The van der Waals surface area contributed by atoms with Gasteiger partial charge >= 0.3 is 0 Å². The van der Waals surface area contributed by atoms with Crippen molar-refractivity contribution in [2.75, 3.05) is 50.8 Å². The number of rotatable bonds is 10. The summed E-state index contributed by atoms with van der Waals surface area (Å²) in [5.41, 5.74) is 3.50. The van der Waals surface area contributed by atoms with Crippen molar-refractivity contribution < 1.29 is 14.2 Å². The number of halogens is 1. The molecule has 1 unspecified atom stereocenters. The van der Waals surface area contributed by atoms with E-state index in [1.807, 2.05) is 42.5 Å². The molecule has 0 bridgehead atoms. The third kappa shape index (κ3) is 6.46. The van der Waals surface area contributed by atoms with Gasteiger partial charge in [-0.1, -0.05) is 61.4 Å². The van der Waals surface area contributed by atoms with Gasteiger partial charge in [0.25, 0.3) is 0 Å². The smallest absolute Gasteiger partial charge is 0.161 e. The number of benzene rings is 2. The first kappa shape index (κ1) is 25.8. The third-order valence-electron chi connectivity index (χ3n) is 6.40. The first-order valence-electron chi connectivity index (χ1n) is 12.4. The van der Waals surface area contributed by atoms with E-state index in [9.17, 15) is 9.50 Å². The van der Waals surface area contributed by atoms with E-state index < -0.39 is 6.10 Å². The van der Waals surface area contributed by atoms with Crippen molar-refractivity contribution >= 4 is 5.82 Å². The van der Waals surface area contributed by atoms with Crippen LogP contribution in [-0.2, 0) is 17.6 Å². The summed E-state index contributed by atoms with van der Waals surface area (Å²) in [6.45, 7) is 6.07. The highest BCUT2D eigenvalue weighted by Crippen LogP contribution is 2.29. The minimum absolute atomic E-state index is 0.201. The minimum Gasteiger partial charge on any atom is -0.389 e. The molecule has 2 aromatic carbocycles. The van der Waals surface area contributed by atoms with E-state index in [-0.39, 0.29) is 19.0 Å². The van der Waals surface area contributed by atoms with Crippen LogP contribution in [0.4, 0.5) is 10.2 Å². The van der Waals surface area contributed by atoms with Gasteiger partial charge in [-0.2, -0.15) is 0 Å². The molecule has 0 saturated carbocycles. The van der Waals surface area contributed by atoms with Gasteiger partial charge in [0.2, 0.25) is 0 Å². The van der Waals surface area contributed by atoms with Gasteiger partial charge in [-0.05, 0) is 18.1 Å². The lowest BCUT2D eigenvalue weighted by Crippen LogP contribution is -2.49. The Kier molecular flexibility index (Phi) is 9.01. The Balaban J connectivity index is 1.59. The average molecular weight is 489 g/mol. The van der Waals surface area contributed by atoms with E-state index in [0.29, 0.717) is 24.4 Å². The van der Waals surface area contributed by atoms with Crippen molar-refractivity contribution in [1.29, 1.82) is 0 Å². The van der Waals surface area contributed by atoms with Crippen molar-refractivity contribution in [2.24, 2.45) is 0 Å². The van der Waals surface area contributed by atoms with Crippen molar-refractivity contribution in [3.63, 3.8) is 0 Å². The second-order valence-corrected chi connectivity index (χ2v) is 8.94. The normalized spacial score (nSPS) is 15.0. The van der Waals surface area contributed by atoms with Gasteiger partial charge in [0.15, 0.2) is 5.82 Å². The Bertz CT molecular complexity index is 1170. The van der Waals surface area contributed by atoms with E-state index in [0.717, 1.165) is 55.2 Å². The van der Waals surface area contributed by atoms with Crippen LogP contribution in [0.5, 0.6) is 0 Å². The van der Waals surface area contributed by atoms with Crippen LogP contribution in [0.2, 0.25) is 0 Å². The van der Waals surface area contributed by atoms with Crippen molar-refractivity contribution in [3.8, 4) is 23.7 Å². The maximum absolute atomic E-state index is 14.6. The molecule has 3 aromatic rings. The number of terminal acetylenes is 1. The largest absolute Gasteiger partial charge is 0.389 e. The van der Waals surface area contributed by atoms with E-state index in [1.165, 1.54) is 6.07 Å². The number of hydrogen-bond donors (Lipinski definition) is 1. The molecule has 0 amide bonds. The zero-order valence-electron chi connectivity index (χ0n) is 20.7. The average Bonchev–Trinajstić information content (AvgIpc) is 2.91. The molecule has 7 heteroatoms. The molecule has 1 aliphatic heterocycles. The van der Waals surface area contributed by atoms with Crippen LogP contribution in [0.15, 0.2) is 54.6 Å². The summed E-state index contributed by atoms with van der Waals surface area (Å²) in [6, 6.07) is 16.9. The maximum atomic E-state index is 14.6. The molecular formula is C29H33FN4O2. The molecule has 1 saturated heterocycles. The highest BCUT2D eigenvalue weighted by Gasteiger charge is 2.25. The molecule has 1 aromatic heterocycles. The van der Waals surface area contributed by atoms with Gasteiger partial charge in [0, 0.05) is 56.0 Å². The molecule has 36 heavy (non-hydrogen) atoms. The van der Waals surface area contributed by atoms with Gasteiger partial charge < -0.3 is 14.7 Å². The summed E-state index contributed by atoms with van der Waals surface area (Å²) in [6.07, 6.45) is 5.78. The van der Waals surface area contributed by atoms with E-state index >= 15 is 0 Å². The Labute approximate surface area is 212 Å². The molecule has 1 N–H and O–H groups in total. The number of aliphatic hydroxyl groups excluding tert-OH is 1. The van der Waals surface area contributed by atoms with Gasteiger partial charge in [-0.25, -0.2) is 14.4 Å². The summed E-state index contributed by atoms with van der Waals surface area (Å²) in [5.74, 6) is 3.74. The summed E-state index contributed by atoms with van der Waals surface area (Å²) in [5, 5.41) is 10.3. The van der Waals surface area contributed by atoms with E-state index in [2.05, 4.69) is 22.6 Å². The lowest BCUT2D eigenvalue weighted by atomic mass is 10.0. The zero-order chi connectivity index (χ0) is 25.3. The van der Waals surface area contributed by atoms with Gasteiger partial charge in [-0.15, -0.1) is 6.42 Å². The topological polar surface area (TPSA) is 61.7 Å². The monoisotopic (exact) mass is 488 g/mol. The Hall–Kier alpha value is -3.31. The van der Waals surface area contributed by atoms with Gasteiger partial charge in [0.05, 0.1) is 12.7 Å². The van der Waals surface area contributed by atoms with E-state index in [4.69, 9.17) is 21.1 Å². The fourth-order valence-electron chi connectivity index (χ4n) is 4.55. The summed E-state index contributed by atoms with van der Waals surface area (Å²) in [7, 11) is 0. The molecule has 2 heterocycles. The summed E-state index contributed by atoms with van der Waals surface area (Å²) >= 11 is 0. The lowest BCUT2D eigenvalue weighted by molar-refractivity contribution is 0.0267. The second kappa shape index (κ2) is 12.6. The highest BCUT2D eigenvalue weighted by atomic mass is 19.1. The van der Waals surface area contributed by atoms with Gasteiger partial charge in [-0.3, -0.25) is 4.90 Å². The highest BCUT2D eigenvalue weighted by molar-refractivity contribution is 5.61. The van der Waals surface area contributed by atoms with E-state index in [1.54, 1.807) is 6.07 Å². The van der Waals surface area contributed by atoms with Crippen LogP contribution in [0.3, 0.4) is 0 Å². The number of ether oxygens (including phenoxy) is 1. The molecule has 6 nitrogen and oxygen atoms in total. The molecule has 0 spiro atoms. The number of aryl methyl sites for hydroxylation is 1. The van der Waals surface area contributed by atoms with Crippen molar-refractivity contribution in [2.45, 2.75) is 25.9 Å². The number of aromatic nitrogens is 2.